The summed E-state index contributed by atoms with van der Waals surface area (Å²) in [5, 5.41) is 3.56. The van der Waals surface area contributed by atoms with Gasteiger partial charge in [0.1, 0.15) is 11.4 Å². The SMILES string of the molecule is CCc1cc2c(=O)n(CC(=O)Nc3c(C)cccc3C(C)C)cnc2s1. The molecule has 0 aliphatic rings. The van der Waals surface area contributed by atoms with E-state index in [9.17, 15) is 9.59 Å². The number of nitrogens with one attached hydrogen (secondary N) is 1. The van der Waals surface area contributed by atoms with E-state index in [1.165, 1.54) is 22.2 Å². The van der Waals surface area contributed by atoms with Crippen molar-refractivity contribution in [1.29, 1.82) is 0 Å². The second kappa shape index (κ2) is 7.41. The number of amides is 1. The molecule has 1 aromatic carbocycles. The van der Waals surface area contributed by atoms with Crippen molar-refractivity contribution in [2.24, 2.45) is 0 Å². The first-order valence-corrected chi connectivity index (χ1v) is 9.59. The predicted octanol–water partition coefficient (Wildman–Crippen LogP) is 4.09. The Bertz CT molecular complexity index is 1020. The Kier molecular flexibility index (Phi) is 5.23. The lowest BCUT2D eigenvalue weighted by Crippen LogP contribution is -2.28. The van der Waals surface area contributed by atoms with E-state index in [1.54, 1.807) is 0 Å². The summed E-state index contributed by atoms with van der Waals surface area (Å²) < 4.78 is 1.37. The number of rotatable bonds is 5. The maximum absolute atomic E-state index is 12.6. The number of hydrogen-bond acceptors (Lipinski definition) is 4. The van der Waals surface area contributed by atoms with Gasteiger partial charge in [-0.05, 0) is 36.5 Å². The molecule has 0 aliphatic carbocycles. The molecule has 0 atom stereocenters. The highest BCUT2D eigenvalue weighted by Gasteiger charge is 2.14. The Morgan fingerprint density at radius 1 is 1.35 bits per heavy atom. The number of para-hydroxylation sites is 1. The number of anilines is 1. The summed E-state index contributed by atoms with van der Waals surface area (Å²) >= 11 is 1.52. The van der Waals surface area contributed by atoms with E-state index in [-0.39, 0.29) is 18.0 Å². The van der Waals surface area contributed by atoms with E-state index >= 15 is 0 Å². The van der Waals surface area contributed by atoms with Crippen molar-refractivity contribution in [3.63, 3.8) is 0 Å². The summed E-state index contributed by atoms with van der Waals surface area (Å²) in [5.74, 6) is 0.0691. The van der Waals surface area contributed by atoms with E-state index in [4.69, 9.17) is 0 Å². The summed E-state index contributed by atoms with van der Waals surface area (Å²) in [4.78, 5) is 31.4. The van der Waals surface area contributed by atoms with Gasteiger partial charge in [0.15, 0.2) is 0 Å². The van der Waals surface area contributed by atoms with Crippen LogP contribution in [0.5, 0.6) is 0 Å². The summed E-state index contributed by atoms with van der Waals surface area (Å²) in [5.41, 5.74) is 2.76. The van der Waals surface area contributed by atoms with Crippen molar-refractivity contribution in [2.45, 2.75) is 46.6 Å². The molecule has 5 nitrogen and oxygen atoms in total. The molecule has 136 valence electrons. The van der Waals surface area contributed by atoms with E-state index in [0.717, 1.165) is 32.9 Å². The lowest BCUT2D eigenvalue weighted by molar-refractivity contribution is -0.116. The molecule has 0 aliphatic heterocycles. The fourth-order valence-corrected chi connectivity index (χ4v) is 3.90. The molecule has 0 bridgehead atoms. The van der Waals surface area contributed by atoms with Gasteiger partial charge in [0.05, 0.1) is 11.7 Å². The molecule has 2 aromatic heterocycles. The van der Waals surface area contributed by atoms with Crippen LogP contribution in [0.1, 0.15) is 42.7 Å². The van der Waals surface area contributed by atoms with Gasteiger partial charge in [-0.3, -0.25) is 14.2 Å². The largest absolute Gasteiger partial charge is 0.324 e. The molecule has 0 fully saturated rings. The third-order valence-corrected chi connectivity index (χ3v) is 5.61. The zero-order chi connectivity index (χ0) is 18.8. The Balaban J connectivity index is 1.86. The topological polar surface area (TPSA) is 64.0 Å². The van der Waals surface area contributed by atoms with Gasteiger partial charge in [-0.25, -0.2) is 4.98 Å². The first-order valence-electron chi connectivity index (χ1n) is 8.78. The monoisotopic (exact) mass is 369 g/mol. The molecule has 1 N–H and O–H groups in total. The van der Waals surface area contributed by atoms with Gasteiger partial charge in [0.25, 0.3) is 5.56 Å². The average Bonchev–Trinajstić information content (AvgIpc) is 3.03. The molecule has 2 heterocycles. The number of benzene rings is 1. The molecule has 6 heteroatoms. The van der Waals surface area contributed by atoms with Crippen LogP contribution in [-0.2, 0) is 17.8 Å². The molecule has 1 amide bonds. The van der Waals surface area contributed by atoms with Crippen molar-refractivity contribution < 1.29 is 4.79 Å². The van der Waals surface area contributed by atoms with E-state index in [2.05, 4.69) is 24.1 Å². The zero-order valence-electron chi connectivity index (χ0n) is 15.5. The second-order valence-corrected chi connectivity index (χ2v) is 7.82. The maximum Gasteiger partial charge on any atom is 0.262 e. The average molecular weight is 369 g/mol. The van der Waals surface area contributed by atoms with Crippen LogP contribution in [0.25, 0.3) is 10.2 Å². The van der Waals surface area contributed by atoms with Crippen molar-refractivity contribution >= 4 is 33.1 Å². The molecule has 0 saturated heterocycles. The zero-order valence-corrected chi connectivity index (χ0v) is 16.3. The standard InChI is InChI=1S/C20H23N3O2S/c1-5-14-9-16-19(26-14)21-11-23(20(16)25)10-17(24)22-18-13(4)7-6-8-15(18)12(2)3/h6-9,11-12H,5,10H2,1-4H3,(H,22,24). The van der Waals surface area contributed by atoms with E-state index in [1.807, 2.05) is 38.1 Å². The minimum Gasteiger partial charge on any atom is -0.324 e. The summed E-state index contributed by atoms with van der Waals surface area (Å²) in [7, 11) is 0. The van der Waals surface area contributed by atoms with Gasteiger partial charge >= 0.3 is 0 Å². The number of nitrogens with zero attached hydrogens (tertiary/aromatic N) is 2. The molecular formula is C20H23N3O2S. The summed E-state index contributed by atoms with van der Waals surface area (Å²) in [6.07, 6.45) is 2.33. The van der Waals surface area contributed by atoms with Gasteiger partial charge in [0.2, 0.25) is 5.91 Å². The number of fused-ring (bicyclic) bond motifs is 1. The number of aryl methyl sites for hydroxylation is 2. The molecule has 3 aromatic rings. The molecule has 0 unspecified atom stereocenters. The van der Waals surface area contributed by atoms with E-state index in [0.29, 0.717) is 11.3 Å². The molecule has 0 radical (unpaired) electrons. The van der Waals surface area contributed by atoms with Crippen molar-refractivity contribution in [1.82, 2.24) is 9.55 Å². The first kappa shape index (κ1) is 18.3. The highest BCUT2D eigenvalue weighted by atomic mass is 32.1. The summed E-state index contributed by atoms with van der Waals surface area (Å²) in [6.45, 7) is 8.15. The Morgan fingerprint density at radius 2 is 2.12 bits per heavy atom. The van der Waals surface area contributed by atoms with Crippen LogP contribution in [-0.4, -0.2) is 15.5 Å². The van der Waals surface area contributed by atoms with E-state index < -0.39 is 0 Å². The Morgan fingerprint density at radius 3 is 2.81 bits per heavy atom. The number of hydrogen-bond donors (Lipinski definition) is 1. The fourth-order valence-electron chi connectivity index (χ4n) is 2.97. The van der Waals surface area contributed by atoms with Gasteiger partial charge in [-0.15, -0.1) is 11.3 Å². The van der Waals surface area contributed by atoms with Crippen LogP contribution in [0.2, 0.25) is 0 Å². The lowest BCUT2D eigenvalue weighted by Gasteiger charge is -2.16. The van der Waals surface area contributed by atoms with Crippen LogP contribution >= 0.6 is 11.3 Å². The molecule has 0 spiro atoms. The highest BCUT2D eigenvalue weighted by Crippen LogP contribution is 2.27. The van der Waals surface area contributed by atoms with Crippen LogP contribution in [0.4, 0.5) is 5.69 Å². The quantitative estimate of drug-likeness (QED) is 0.737. The molecular weight excluding hydrogens is 346 g/mol. The van der Waals surface area contributed by atoms with Crippen molar-refractivity contribution in [3.8, 4) is 0 Å². The Hall–Kier alpha value is -2.47. The number of aromatic nitrogens is 2. The normalized spacial score (nSPS) is 11.3. The van der Waals surface area contributed by atoms with Crippen LogP contribution < -0.4 is 10.9 Å². The van der Waals surface area contributed by atoms with Gasteiger partial charge < -0.3 is 5.32 Å². The summed E-state index contributed by atoms with van der Waals surface area (Å²) in [6, 6.07) is 7.86. The van der Waals surface area contributed by atoms with Crippen molar-refractivity contribution in [3.05, 3.63) is 57.0 Å². The third-order valence-electron chi connectivity index (χ3n) is 4.42. The van der Waals surface area contributed by atoms with Gasteiger partial charge in [0, 0.05) is 10.6 Å². The maximum atomic E-state index is 12.6. The number of carbonyl (C=O) groups excluding carboxylic acids is 1. The van der Waals surface area contributed by atoms with Gasteiger partial charge in [-0.2, -0.15) is 0 Å². The second-order valence-electron chi connectivity index (χ2n) is 6.70. The molecule has 0 saturated carbocycles. The minimum atomic E-state index is -0.226. The van der Waals surface area contributed by atoms with Crippen LogP contribution in [0.3, 0.4) is 0 Å². The number of carbonyl (C=O) groups is 1. The fraction of sp³-hybridized carbons (Fsp3) is 0.350. The van der Waals surface area contributed by atoms with Gasteiger partial charge in [-0.1, -0.05) is 39.0 Å². The Labute approximate surface area is 156 Å². The van der Waals surface area contributed by atoms with Crippen LogP contribution in [0, 0.1) is 6.92 Å². The third kappa shape index (κ3) is 3.55. The molecule has 3 rings (SSSR count). The number of thiophene rings is 1. The van der Waals surface area contributed by atoms with Crippen molar-refractivity contribution in [2.75, 3.05) is 5.32 Å². The minimum absolute atomic E-state index is 0.0506. The molecule has 26 heavy (non-hydrogen) atoms. The predicted molar refractivity (Wildman–Crippen MR) is 107 cm³/mol. The van der Waals surface area contributed by atoms with Crippen LogP contribution in [0.15, 0.2) is 35.4 Å². The lowest BCUT2D eigenvalue weighted by atomic mass is 9.98. The highest BCUT2D eigenvalue weighted by molar-refractivity contribution is 7.18. The smallest absolute Gasteiger partial charge is 0.262 e. The first-order chi connectivity index (χ1) is 12.4.